The van der Waals surface area contributed by atoms with Gasteiger partial charge in [0, 0.05) is 11.3 Å². The molecule has 0 radical (unpaired) electrons. The SMILES string of the molecule is COC(=O)Cn1c(=NC(=O)c2cccc(NS(=O)(=O)c3ccc(OC)cc3)c2)sc2cc(OC)ccc21. The monoisotopic (exact) mass is 541 g/mol. The molecule has 3 aromatic carbocycles. The number of hydrogen-bond acceptors (Lipinski definition) is 8. The summed E-state index contributed by atoms with van der Waals surface area (Å²) in [5.74, 6) is 0.0351. The number of nitrogens with zero attached hydrogens (tertiary/aromatic N) is 2. The second-order valence-corrected chi connectivity index (χ2v) is 10.4. The van der Waals surface area contributed by atoms with Crippen LogP contribution in [0.25, 0.3) is 10.2 Å². The van der Waals surface area contributed by atoms with Crippen LogP contribution in [0.4, 0.5) is 5.69 Å². The summed E-state index contributed by atoms with van der Waals surface area (Å²) in [6.45, 7) is -0.142. The molecular weight excluding hydrogens is 518 g/mol. The topological polar surface area (TPSA) is 125 Å². The van der Waals surface area contributed by atoms with Gasteiger partial charge >= 0.3 is 5.97 Å². The van der Waals surface area contributed by atoms with Crippen LogP contribution >= 0.6 is 11.3 Å². The normalized spacial score (nSPS) is 11.8. The molecule has 0 atom stereocenters. The lowest BCUT2D eigenvalue weighted by Gasteiger charge is -2.09. The molecule has 1 heterocycles. The Morgan fingerprint density at radius 2 is 1.65 bits per heavy atom. The van der Waals surface area contributed by atoms with Gasteiger partial charge in [0.1, 0.15) is 18.0 Å². The van der Waals surface area contributed by atoms with Crippen molar-refractivity contribution in [3.63, 3.8) is 0 Å². The van der Waals surface area contributed by atoms with Crippen LogP contribution in [-0.2, 0) is 26.1 Å². The van der Waals surface area contributed by atoms with Crippen molar-refractivity contribution >= 4 is 49.1 Å². The molecule has 0 fully saturated rings. The average Bonchev–Trinajstić information content (AvgIpc) is 3.23. The Morgan fingerprint density at radius 1 is 0.946 bits per heavy atom. The summed E-state index contributed by atoms with van der Waals surface area (Å²) in [6, 6.07) is 17.2. The van der Waals surface area contributed by atoms with E-state index in [2.05, 4.69) is 9.71 Å². The zero-order valence-corrected chi connectivity index (χ0v) is 21.8. The van der Waals surface area contributed by atoms with Crippen molar-refractivity contribution in [2.45, 2.75) is 11.4 Å². The van der Waals surface area contributed by atoms with E-state index in [1.165, 1.54) is 68.0 Å². The highest BCUT2D eigenvalue weighted by atomic mass is 32.2. The predicted octanol–water partition coefficient (Wildman–Crippen LogP) is 3.43. The Hall–Kier alpha value is -4.16. The molecule has 4 aromatic rings. The van der Waals surface area contributed by atoms with Crippen molar-refractivity contribution in [2.75, 3.05) is 26.1 Å². The Kier molecular flexibility index (Phi) is 7.60. The molecule has 37 heavy (non-hydrogen) atoms. The standard InChI is InChI=1S/C25H23N3O7S2/c1-33-18-7-10-20(11-8-18)37(31,32)27-17-6-4-5-16(13-17)24(30)26-25-28(15-23(29)35-3)21-12-9-19(34-2)14-22(21)36-25/h4-14,27H,15H2,1-3H3. The first kappa shape index (κ1) is 25.9. The number of hydrogen-bond donors (Lipinski definition) is 1. The van der Waals surface area contributed by atoms with Gasteiger partial charge in [0.25, 0.3) is 15.9 Å². The minimum Gasteiger partial charge on any atom is -0.497 e. The molecule has 0 aliphatic rings. The minimum atomic E-state index is -3.90. The number of nitrogens with one attached hydrogen (secondary N) is 1. The first-order chi connectivity index (χ1) is 17.7. The number of benzene rings is 3. The molecule has 12 heteroatoms. The zero-order valence-electron chi connectivity index (χ0n) is 20.1. The number of carbonyl (C=O) groups excluding carboxylic acids is 2. The van der Waals surface area contributed by atoms with Crippen LogP contribution in [0.3, 0.4) is 0 Å². The number of aromatic nitrogens is 1. The Balaban J connectivity index is 1.67. The number of methoxy groups -OCH3 is 3. The van der Waals surface area contributed by atoms with E-state index in [4.69, 9.17) is 14.2 Å². The molecule has 10 nitrogen and oxygen atoms in total. The smallest absolute Gasteiger partial charge is 0.325 e. The minimum absolute atomic E-state index is 0.0410. The maximum absolute atomic E-state index is 13.1. The van der Waals surface area contributed by atoms with Crippen LogP contribution in [0.1, 0.15) is 10.4 Å². The lowest BCUT2D eigenvalue weighted by molar-refractivity contribution is -0.141. The van der Waals surface area contributed by atoms with Crippen LogP contribution in [0, 0.1) is 0 Å². The quantitative estimate of drug-likeness (QED) is 0.339. The van der Waals surface area contributed by atoms with Crippen molar-refractivity contribution in [3.8, 4) is 11.5 Å². The highest BCUT2D eigenvalue weighted by Crippen LogP contribution is 2.24. The number of anilines is 1. The number of esters is 1. The van der Waals surface area contributed by atoms with Crippen molar-refractivity contribution in [1.82, 2.24) is 4.57 Å². The Labute approximate surface area is 216 Å². The van der Waals surface area contributed by atoms with Crippen LogP contribution in [0.15, 0.2) is 76.6 Å². The van der Waals surface area contributed by atoms with Gasteiger partial charge in [-0.1, -0.05) is 17.4 Å². The maximum atomic E-state index is 13.1. The number of amides is 1. The first-order valence-corrected chi connectivity index (χ1v) is 13.1. The highest BCUT2D eigenvalue weighted by Gasteiger charge is 2.16. The first-order valence-electron chi connectivity index (χ1n) is 10.8. The van der Waals surface area contributed by atoms with Crippen LogP contribution in [-0.4, -0.2) is 46.2 Å². The summed E-state index contributed by atoms with van der Waals surface area (Å²) in [5, 5.41) is 0. The second-order valence-electron chi connectivity index (χ2n) is 7.66. The third-order valence-corrected chi connectivity index (χ3v) is 7.77. The number of fused-ring (bicyclic) bond motifs is 1. The van der Waals surface area contributed by atoms with E-state index in [1.807, 2.05) is 0 Å². The molecule has 0 unspecified atom stereocenters. The van der Waals surface area contributed by atoms with E-state index < -0.39 is 21.9 Å². The maximum Gasteiger partial charge on any atom is 0.325 e. The summed E-state index contributed by atoms with van der Waals surface area (Å²) in [7, 11) is 0.411. The molecule has 0 saturated carbocycles. The third kappa shape index (κ3) is 5.81. The van der Waals surface area contributed by atoms with E-state index in [-0.39, 0.29) is 27.5 Å². The lowest BCUT2D eigenvalue weighted by Crippen LogP contribution is -2.22. The van der Waals surface area contributed by atoms with Gasteiger partial charge in [-0.05, 0) is 60.7 Å². The van der Waals surface area contributed by atoms with Gasteiger partial charge in [0.05, 0.1) is 36.4 Å². The van der Waals surface area contributed by atoms with E-state index >= 15 is 0 Å². The number of thiazole rings is 1. The van der Waals surface area contributed by atoms with Crippen molar-refractivity contribution in [2.24, 2.45) is 4.99 Å². The van der Waals surface area contributed by atoms with Crippen LogP contribution in [0.2, 0.25) is 0 Å². The van der Waals surface area contributed by atoms with E-state index in [0.29, 0.717) is 17.0 Å². The predicted molar refractivity (Wildman–Crippen MR) is 139 cm³/mol. The molecule has 192 valence electrons. The van der Waals surface area contributed by atoms with Crippen molar-refractivity contribution in [1.29, 1.82) is 0 Å². The fraction of sp³-hybridized carbons (Fsp3) is 0.160. The number of ether oxygens (including phenoxy) is 3. The molecule has 0 bridgehead atoms. The van der Waals surface area contributed by atoms with Crippen molar-refractivity contribution < 1.29 is 32.2 Å². The van der Waals surface area contributed by atoms with E-state index in [0.717, 1.165) is 4.70 Å². The van der Waals surface area contributed by atoms with E-state index in [9.17, 15) is 18.0 Å². The molecule has 1 amide bonds. The fourth-order valence-electron chi connectivity index (χ4n) is 3.45. The fourth-order valence-corrected chi connectivity index (χ4v) is 5.55. The Morgan fingerprint density at radius 3 is 2.32 bits per heavy atom. The van der Waals surface area contributed by atoms with Crippen LogP contribution in [0.5, 0.6) is 11.5 Å². The largest absolute Gasteiger partial charge is 0.497 e. The summed E-state index contributed by atoms with van der Waals surface area (Å²) in [5.41, 5.74) is 1.04. The molecule has 0 aliphatic heterocycles. The molecule has 0 saturated heterocycles. The molecular formula is C25H23N3O7S2. The molecule has 0 spiro atoms. The third-order valence-electron chi connectivity index (χ3n) is 5.33. The molecule has 1 aromatic heterocycles. The van der Waals surface area contributed by atoms with Gasteiger partial charge in [-0.25, -0.2) is 8.42 Å². The van der Waals surface area contributed by atoms with E-state index in [1.54, 1.807) is 35.9 Å². The lowest BCUT2D eigenvalue weighted by atomic mass is 10.2. The van der Waals surface area contributed by atoms with Gasteiger partial charge in [-0.2, -0.15) is 4.99 Å². The summed E-state index contributed by atoms with van der Waals surface area (Å²) in [6.07, 6.45) is 0. The van der Waals surface area contributed by atoms with Gasteiger partial charge in [0.15, 0.2) is 4.80 Å². The van der Waals surface area contributed by atoms with Gasteiger partial charge < -0.3 is 18.8 Å². The Bertz CT molecular complexity index is 1640. The zero-order chi connectivity index (χ0) is 26.6. The number of sulfonamides is 1. The number of carbonyl (C=O) groups is 2. The summed E-state index contributed by atoms with van der Waals surface area (Å²) in [4.78, 5) is 29.6. The summed E-state index contributed by atoms with van der Waals surface area (Å²) < 4.78 is 45.5. The second kappa shape index (κ2) is 10.8. The highest BCUT2D eigenvalue weighted by molar-refractivity contribution is 7.92. The average molecular weight is 542 g/mol. The van der Waals surface area contributed by atoms with Crippen LogP contribution < -0.4 is 19.0 Å². The summed E-state index contributed by atoms with van der Waals surface area (Å²) >= 11 is 1.21. The molecule has 1 N–H and O–H groups in total. The van der Waals surface area contributed by atoms with Gasteiger partial charge in [-0.15, -0.1) is 0 Å². The number of rotatable bonds is 8. The molecule has 0 aliphatic carbocycles. The van der Waals surface area contributed by atoms with Gasteiger partial charge in [-0.3, -0.25) is 14.3 Å². The van der Waals surface area contributed by atoms with Gasteiger partial charge in [0.2, 0.25) is 0 Å². The van der Waals surface area contributed by atoms with Crippen molar-refractivity contribution in [3.05, 3.63) is 77.1 Å². The molecule has 4 rings (SSSR count).